The van der Waals surface area contributed by atoms with Gasteiger partial charge in [0, 0.05) is 43.1 Å². The van der Waals surface area contributed by atoms with E-state index in [2.05, 4.69) is 77.5 Å². The molecule has 0 saturated carbocycles. The number of nitrogens with one attached hydrogen (secondary N) is 2. The largest absolute Gasteiger partial charge is 0.366 e. The monoisotopic (exact) mass is 511 g/mol. The van der Waals surface area contributed by atoms with Crippen LogP contribution in [0.4, 0.5) is 11.4 Å². The van der Waals surface area contributed by atoms with Crippen LogP contribution in [0.2, 0.25) is 0 Å². The number of thiocarbonyl (C=S) groups is 1. The van der Waals surface area contributed by atoms with Crippen LogP contribution in [-0.4, -0.2) is 40.0 Å². The zero-order valence-corrected chi connectivity index (χ0v) is 22.5. The molecule has 0 aliphatic carbocycles. The molecule has 1 fully saturated rings. The van der Waals surface area contributed by atoms with Crippen LogP contribution in [0.3, 0.4) is 0 Å². The molecule has 0 bridgehead atoms. The standard InChI is InChI=1S/C30H33N5OS/c1-20-19-30(2,3)34(4)25-14-13-21(18-23(20)25)28-27(24-12-8-9-16-31-24)33-29(37)35(28)17-15-26(36)32-22-10-6-5-7-11-22/h5-14,16,18-19,27-28H,15,17H2,1-4H3,(H,32,36)(H,33,37). The van der Waals surface area contributed by atoms with Gasteiger partial charge >= 0.3 is 0 Å². The summed E-state index contributed by atoms with van der Waals surface area (Å²) in [6, 6.07) is 21.9. The van der Waals surface area contributed by atoms with Crippen molar-refractivity contribution in [2.75, 3.05) is 23.8 Å². The fraction of sp³-hybridized carbons (Fsp3) is 0.300. The lowest BCUT2D eigenvalue weighted by atomic mass is 9.86. The van der Waals surface area contributed by atoms with Gasteiger partial charge in [0.15, 0.2) is 5.11 Å². The number of para-hydroxylation sites is 1. The minimum absolute atomic E-state index is 0.0397. The van der Waals surface area contributed by atoms with E-state index in [1.807, 2.05) is 54.7 Å². The molecule has 1 saturated heterocycles. The Hall–Kier alpha value is -3.71. The topological polar surface area (TPSA) is 60.5 Å². The molecule has 2 N–H and O–H groups in total. The number of anilines is 2. The molecule has 3 aromatic rings. The van der Waals surface area contributed by atoms with Gasteiger partial charge in [-0.05, 0) is 80.5 Å². The van der Waals surface area contributed by atoms with Crippen LogP contribution in [0, 0.1) is 0 Å². The molecule has 1 amide bonds. The number of likely N-dealkylation sites (N-methyl/N-ethyl adjacent to an activating group) is 1. The van der Waals surface area contributed by atoms with Gasteiger partial charge in [-0.1, -0.05) is 36.4 Å². The number of aromatic nitrogens is 1. The summed E-state index contributed by atoms with van der Waals surface area (Å²) in [6.07, 6.45) is 4.45. The highest BCUT2D eigenvalue weighted by Crippen LogP contribution is 2.43. The molecule has 3 heterocycles. The Kier molecular flexibility index (Phi) is 6.73. The van der Waals surface area contributed by atoms with Crippen molar-refractivity contribution in [3.05, 3.63) is 95.8 Å². The maximum absolute atomic E-state index is 12.8. The lowest BCUT2D eigenvalue weighted by molar-refractivity contribution is -0.116. The number of carbonyl (C=O) groups excluding carboxylic acids is 1. The average Bonchev–Trinajstić information content (AvgIpc) is 3.22. The highest BCUT2D eigenvalue weighted by Gasteiger charge is 2.40. The molecule has 2 unspecified atom stereocenters. The number of hydrogen-bond donors (Lipinski definition) is 2. The molecule has 0 spiro atoms. The molecule has 2 aliphatic heterocycles. The van der Waals surface area contributed by atoms with Crippen molar-refractivity contribution in [2.24, 2.45) is 0 Å². The molecule has 5 rings (SSSR count). The van der Waals surface area contributed by atoms with Gasteiger partial charge in [-0.25, -0.2) is 0 Å². The molecule has 37 heavy (non-hydrogen) atoms. The van der Waals surface area contributed by atoms with Gasteiger partial charge in [0.05, 0.1) is 23.3 Å². The maximum Gasteiger partial charge on any atom is 0.226 e. The molecular weight excluding hydrogens is 478 g/mol. The van der Waals surface area contributed by atoms with Crippen LogP contribution in [0.1, 0.15) is 56.1 Å². The Bertz CT molecular complexity index is 1340. The Labute approximate surface area is 224 Å². The third-order valence-corrected chi connectivity index (χ3v) is 7.77. The van der Waals surface area contributed by atoms with E-state index in [1.165, 1.54) is 16.8 Å². The first-order valence-corrected chi connectivity index (χ1v) is 13.1. The molecule has 190 valence electrons. The molecule has 6 nitrogen and oxygen atoms in total. The summed E-state index contributed by atoms with van der Waals surface area (Å²) < 4.78 is 0. The van der Waals surface area contributed by atoms with Crippen LogP contribution in [0.25, 0.3) is 5.57 Å². The minimum atomic E-state index is -0.119. The third-order valence-electron chi connectivity index (χ3n) is 7.42. The molecule has 0 radical (unpaired) electrons. The first kappa shape index (κ1) is 25.0. The van der Waals surface area contributed by atoms with Gasteiger partial charge in [-0.2, -0.15) is 0 Å². The predicted molar refractivity (Wildman–Crippen MR) is 154 cm³/mol. The van der Waals surface area contributed by atoms with E-state index in [0.717, 1.165) is 16.9 Å². The first-order chi connectivity index (χ1) is 17.7. The molecule has 2 aromatic carbocycles. The van der Waals surface area contributed by atoms with Gasteiger partial charge in [-0.3, -0.25) is 9.78 Å². The minimum Gasteiger partial charge on any atom is -0.366 e. The van der Waals surface area contributed by atoms with E-state index < -0.39 is 0 Å². The van der Waals surface area contributed by atoms with Crippen molar-refractivity contribution in [2.45, 2.75) is 44.8 Å². The van der Waals surface area contributed by atoms with Crippen molar-refractivity contribution in [3.63, 3.8) is 0 Å². The van der Waals surface area contributed by atoms with Gasteiger partial charge < -0.3 is 20.4 Å². The van der Waals surface area contributed by atoms with E-state index in [0.29, 0.717) is 18.1 Å². The lowest BCUT2D eigenvalue weighted by Gasteiger charge is -2.41. The Morgan fingerprint density at radius 3 is 2.59 bits per heavy atom. The second-order valence-corrected chi connectivity index (χ2v) is 10.7. The fourth-order valence-electron chi connectivity index (χ4n) is 5.34. The number of fused-ring (bicyclic) bond motifs is 1. The Morgan fingerprint density at radius 1 is 1.11 bits per heavy atom. The zero-order valence-electron chi connectivity index (χ0n) is 21.7. The lowest BCUT2D eigenvalue weighted by Crippen LogP contribution is -2.42. The number of nitrogens with zero attached hydrogens (tertiary/aromatic N) is 3. The molecule has 2 aliphatic rings. The van der Waals surface area contributed by atoms with Gasteiger partial charge in [-0.15, -0.1) is 0 Å². The normalized spacial score (nSPS) is 20.2. The number of hydrogen-bond acceptors (Lipinski definition) is 4. The summed E-state index contributed by atoms with van der Waals surface area (Å²) in [6.45, 7) is 7.13. The van der Waals surface area contributed by atoms with E-state index in [1.54, 1.807) is 0 Å². The van der Waals surface area contributed by atoms with Crippen molar-refractivity contribution >= 4 is 40.2 Å². The highest BCUT2D eigenvalue weighted by molar-refractivity contribution is 7.80. The number of allylic oxidation sites excluding steroid dienone is 1. The summed E-state index contributed by atoms with van der Waals surface area (Å²) in [5, 5.41) is 7.11. The second kappa shape index (κ2) is 9.98. The first-order valence-electron chi connectivity index (χ1n) is 12.7. The summed E-state index contributed by atoms with van der Waals surface area (Å²) in [7, 11) is 2.14. The molecule has 1 aromatic heterocycles. The molecule has 7 heteroatoms. The smallest absolute Gasteiger partial charge is 0.226 e. The van der Waals surface area contributed by atoms with E-state index in [4.69, 9.17) is 12.2 Å². The Balaban J connectivity index is 1.46. The van der Waals surface area contributed by atoms with Gasteiger partial charge in [0.1, 0.15) is 0 Å². The summed E-state index contributed by atoms with van der Waals surface area (Å²) in [5.41, 5.74) is 6.51. The van der Waals surface area contributed by atoms with Crippen LogP contribution < -0.4 is 15.5 Å². The summed E-state index contributed by atoms with van der Waals surface area (Å²) in [5.74, 6) is -0.0397. The van der Waals surface area contributed by atoms with Crippen LogP contribution in [0.15, 0.2) is 79.0 Å². The number of amides is 1. The third kappa shape index (κ3) is 4.96. The Morgan fingerprint density at radius 2 is 1.86 bits per heavy atom. The number of carbonyl (C=O) groups is 1. The van der Waals surface area contributed by atoms with E-state index >= 15 is 0 Å². The number of rotatable bonds is 6. The summed E-state index contributed by atoms with van der Waals surface area (Å²) >= 11 is 5.80. The number of pyridine rings is 1. The molecule has 2 atom stereocenters. The van der Waals surface area contributed by atoms with Crippen LogP contribution in [0.5, 0.6) is 0 Å². The quantitative estimate of drug-likeness (QED) is 0.413. The van der Waals surface area contributed by atoms with E-state index in [-0.39, 0.29) is 23.5 Å². The van der Waals surface area contributed by atoms with Crippen molar-refractivity contribution in [1.29, 1.82) is 0 Å². The average molecular weight is 512 g/mol. The van der Waals surface area contributed by atoms with Crippen LogP contribution in [-0.2, 0) is 4.79 Å². The van der Waals surface area contributed by atoms with E-state index in [9.17, 15) is 4.79 Å². The van der Waals surface area contributed by atoms with Crippen molar-refractivity contribution in [1.82, 2.24) is 15.2 Å². The summed E-state index contributed by atoms with van der Waals surface area (Å²) in [4.78, 5) is 21.9. The highest BCUT2D eigenvalue weighted by atomic mass is 32.1. The predicted octanol–water partition coefficient (Wildman–Crippen LogP) is 5.71. The maximum atomic E-state index is 12.8. The van der Waals surface area contributed by atoms with Crippen molar-refractivity contribution in [3.8, 4) is 0 Å². The molecular formula is C30H33N5OS. The van der Waals surface area contributed by atoms with Crippen molar-refractivity contribution < 1.29 is 4.79 Å². The zero-order chi connectivity index (χ0) is 26.2. The number of benzene rings is 2. The van der Waals surface area contributed by atoms with Gasteiger partial charge in [0.2, 0.25) is 5.91 Å². The fourth-order valence-corrected chi connectivity index (χ4v) is 5.67. The van der Waals surface area contributed by atoms with Crippen LogP contribution >= 0.6 is 12.2 Å². The SMILES string of the molecule is CC1=CC(C)(C)N(C)c2ccc(C3C(c4ccccn4)NC(=S)N3CCC(=O)Nc3ccccc3)cc21. The second-order valence-electron chi connectivity index (χ2n) is 10.3. The van der Waals surface area contributed by atoms with Gasteiger partial charge in [0.25, 0.3) is 0 Å².